The smallest absolute Gasteiger partial charge is 0.0898 e. The Morgan fingerprint density at radius 2 is 2.29 bits per heavy atom. The van der Waals surface area contributed by atoms with Crippen LogP contribution in [-0.2, 0) is 11.3 Å². The zero-order valence-electron chi connectivity index (χ0n) is 12.4. The van der Waals surface area contributed by atoms with Crippen LogP contribution in [0.15, 0.2) is 36.7 Å². The maximum Gasteiger partial charge on any atom is 0.0898 e. The number of aromatic nitrogens is 2. The number of nitrogens with two attached hydrogens (primary N) is 1. The van der Waals surface area contributed by atoms with Crippen molar-refractivity contribution >= 4 is 5.69 Å². The molecule has 2 N–H and O–H groups in total. The molecule has 3 rings (SSSR count). The van der Waals surface area contributed by atoms with E-state index in [1.807, 2.05) is 35.1 Å². The average Bonchev–Trinajstić information content (AvgIpc) is 2.96. The fraction of sp³-hybridized carbons (Fsp3) is 0.438. The number of hydrogen-bond acceptors (Lipinski definition) is 4. The lowest BCUT2D eigenvalue weighted by molar-refractivity contribution is -0.0357. The molecule has 1 fully saturated rings. The summed E-state index contributed by atoms with van der Waals surface area (Å²) in [4.78, 5) is 2.41. The molecule has 1 aliphatic heterocycles. The fourth-order valence-corrected chi connectivity index (χ4v) is 2.72. The van der Waals surface area contributed by atoms with E-state index in [-0.39, 0.29) is 6.10 Å². The molecule has 21 heavy (non-hydrogen) atoms. The fourth-order valence-electron chi connectivity index (χ4n) is 2.72. The van der Waals surface area contributed by atoms with Crippen LogP contribution in [0.2, 0.25) is 0 Å². The molecule has 0 saturated carbocycles. The number of anilines is 1. The van der Waals surface area contributed by atoms with Crippen LogP contribution in [0.5, 0.6) is 0 Å². The molecule has 1 aromatic carbocycles. The minimum absolute atomic E-state index is 0.215. The van der Waals surface area contributed by atoms with Crippen LogP contribution in [-0.4, -0.2) is 47.0 Å². The normalized spacial score (nSPS) is 19.8. The molecule has 0 spiro atoms. The van der Waals surface area contributed by atoms with Crippen molar-refractivity contribution < 1.29 is 4.74 Å². The number of rotatable bonds is 4. The summed E-state index contributed by atoms with van der Waals surface area (Å²) >= 11 is 0. The first-order valence-corrected chi connectivity index (χ1v) is 7.47. The molecule has 5 heteroatoms. The molecule has 0 bridgehead atoms. The van der Waals surface area contributed by atoms with E-state index >= 15 is 0 Å². The van der Waals surface area contributed by atoms with Crippen molar-refractivity contribution in [3.05, 3.63) is 36.7 Å². The number of nitrogen functional groups attached to an aromatic ring is 1. The molecule has 112 valence electrons. The molecule has 1 saturated heterocycles. The van der Waals surface area contributed by atoms with Gasteiger partial charge in [0.2, 0.25) is 0 Å². The molecule has 1 aliphatic rings. The van der Waals surface area contributed by atoms with Gasteiger partial charge in [-0.15, -0.1) is 0 Å². The van der Waals surface area contributed by atoms with Crippen molar-refractivity contribution in [1.29, 1.82) is 0 Å². The topological polar surface area (TPSA) is 56.3 Å². The van der Waals surface area contributed by atoms with E-state index in [1.54, 1.807) is 0 Å². The van der Waals surface area contributed by atoms with Gasteiger partial charge < -0.3 is 10.5 Å². The Bertz CT molecular complexity index is 595. The molecular weight excluding hydrogens is 264 g/mol. The van der Waals surface area contributed by atoms with Crippen LogP contribution in [0, 0.1) is 0 Å². The highest BCUT2D eigenvalue weighted by Gasteiger charge is 2.19. The lowest BCUT2D eigenvalue weighted by Crippen LogP contribution is -2.44. The lowest BCUT2D eigenvalue weighted by Gasteiger charge is -2.31. The van der Waals surface area contributed by atoms with Gasteiger partial charge in [0.15, 0.2) is 0 Å². The summed E-state index contributed by atoms with van der Waals surface area (Å²) < 4.78 is 7.79. The molecule has 2 aromatic rings. The highest BCUT2D eigenvalue weighted by molar-refractivity contribution is 5.65. The van der Waals surface area contributed by atoms with Crippen molar-refractivity contribution in [2.24, 2.45) is 0 Å². The third-order valence-electron chi connectivity index (χ3n) is 3.91. The minimum atomic E-state index is 0.215. The molecular formula is C16H22N4O. The van der Waals surface area contributed by atoms with Crippen molar-refractivity contribution in [2.75, 3.05) is 32.0 Å². The summed E-state index contributed by atoms with van der Waals surface area (Å²) in [5.74, 6) is 0. The van der Waals surface area contributed by atoms with Gasteiger partial charge in [-0.2, -0.15) is 5.10 Å². The SMILES string of the molecule is CCN1CCOC(Cn2cc(-c3cccc(N)c3)cn2)C1. The van der Waals surface area contributed by atoms with E-state index in [0.29, 0.717) is 0 Å². The number of morpholine rings is 1. The Morgan fingerprint density at radius 3 is 3.10 bits per heavy atom. The zero-order chi connectivity index (χ0) is 14.7. The first-order valence-electron chi connectivity index (χ1n) is 7.47. The third-order valence-corrected chi connectivity index (χ3v) is 3.91. The van der Waals surface area contributed by atoms with Crippen molar-refractivity contribution in [3.8, 4) is 11.1 Å². The first kappa shape index (κ1) is 14.1. The van der Waals surface area contributed by atoms with Crippen LogP contribution in [0.3, 0.4) is 0 Å². The van der Waals surface area contributed by atoms with E-state index < -0.39 is 0 Å². The average molecular weight is 286 g/mol. The van der Waals surface area contributed by atoms with Crippen molar-refractivity contribution in [3.63, 3.8) is 0 Å². The molecule has 0 amide bonds. The Hall–Kier alpha value is -1.85. The molecule has 0 radical (unpaired) electrons. The third kappa shape index (κ3) is 3.43. The highest BCUT2D eigenvalue weighted by Crippen LogP contribution is 2.21. The Kier molecular flexibility index (Phi) is 4.22. The summed E-state index contributed by atoms with van der Waals surface area (Å²) in [7, 11) is 0. The lowest BCUT2D eigenvalue weighted by atomic mass is 10.1. The Balaban J connectivity index is 1.68. The van der Waals surface area contributed by atoms with Crippen LogP contribution >= 0.6 is 0 Å². The van der Waals surface area contributed by atoms with Gasteiger partial charge in [0.05, 0.1) is 25.5 Å². The van der Waals surface area contributed by atoms with Crippen LogP contribution < -0.4 is 5.73 Å². The van der Waals surface area contributed by atoms with Gasteiger partial charge in [0.1, 0.15) is 0 Å². The summed E-state index contributed by atoms with van der Waals surface area (Å²) in [6.07, 6.45) is 4.16. The van der Waals surface area contributed by atoms with Crippen LogP contribution in [0.1, 0.15) is 6.92 Å². The molecule has 1 unspecified atom stereocenters. The van der Waals surface area contributed by atoms with Crippen molar-refractivity contribution in [1.82, 2.24) is 14.7 Å². The van der Waals surface area contributed by atoms with E-state index in [1.165, 1.54) is 0 Å². The van der Waals surface area contributed by atoms with Gasteiger partial charge in [-0.05, 0) is 24.2 Å². The second kappa shape index (κ2) is 6.28. The Morgan fingerprint density at radius 1 is 1.38 bits per heavy atom. The summed E-state index contributed by atoms with van der Waals surface area (Å²) in [5, 5.41) is 4.44. The quantitative estimate of drug-likeness (QED) is 0.872. The second-order valence-corrected chi connectivity index (χ2v) is 5.46. The van der Waals surface area contributed by atoms with E-state index in [2.05, 4.69) is 23.1 Å². The second-order valence-electron chi connectivity index (χ2n) is 5.46. The summed E-state index contributed by atoms with van der Waals surface area (Å²) in [6.45, 7) is 6.87. The van der Waals surface area contributed by atoms with Gasteiger partial charge in [0.25, 0.3) is 0 Å². The van der Waals surface area contributed by atoms with E-state index in [4.69, 9.17) is 10.5 Å². The Labute approximate surface area is 125 Å². The first-order chi connectivity index (χ1) is 10.2. The molecule has 1 atom stereocenters. The number of benzene rings is 1. The highest BCUT2D eigenvalue weighted by atomic mass is 16.5. The number of ether oxygens (including phenoxy) is 1. The van der Waals surface area contributed by atoms with Crippen LogP contribution in [0.25, 0.3) is 11.1 Å². The van der Waals surface area contributed by atoms with Crippen molar-refractivity contribution in [2.45, 2.75) is 19.6 Å². The van der Waals surface area contributed by atoms with Crippen LogP contribution in [0.4, 0.5) is 5.69 Å². The maximum atomic E-state index is 5.83. The monoisotopic (exact) mass is 286 g/mol. The van der Waals surface area contributed by atoms with Gasteiger partial charge in [0, 0.05) is 30.5 Å². The molecule has 2 heterocycles. The predicted octanol–water partition coefficient (Wildman–Crippen LogP) is 1.85. The summed E-state index contributed by atoms with van der Waals surface area (Å²) in [5.41, 5.74) is 8.79. The molecule has 5 nitrogen and oxygen atoms in total. The molecule has 0 aliphatic carbocycles. The molecule has 1 aromatic heterocycles. The van der Waals surface area contributed by atoms with Gasteiger partial charge in [-0.1, -0.05) is 19.1 Å². The predicted molar refractivity (Wildman–Crippen MR) is 83.9 cm³/mol. The maximum absolute atomic E-state index is 5.83. The standard InChI is InChI=1S/C16H22N4O/c1-2-19-6-7-21-16(11-19)12-20-10-14(9-18-20)13-4-3-5-15(17)8-13/h3-5,8-10,16H,2,6-7,11-12,17H2,1H3. The van der Waals surface area contributed by atoms with Gasteiger partial charge in [-0.25, -0.2) is 0 Å². The number of hydrogen-bond donors (Lipinski definition) is 1. The van der Waals surface area contributed by atoms with E-state index in [0.717, 1.165) is 49.6 Å². The largest absolute Gasteiger partial charge is 0.399 e. The number of nitrogens with zero attached hydrogens (tertiary/aromatic N) is 3. The summed E-state index contributed by atoms with van der Waals surface area (Å²) in [6, 6.07) is 7.87. The van der Waals surface area contributed by atoms with E-state index in [9.17, 15) is 0 Å². The number of likely N-dealkylation sites (N-methyl/N-ethyl adjacent to an activating group) is 1. The zero-order valence-corrected chi connectivity index (χ0v) is 12.4. The van der Waals surface area contributed by atoms with Gasteiger partial charge in [-0.3, -0.25) is 9.58 Å². The minimum Gasteiger partial charge on any atom is -0.399 e. The van der Waals surface area contributed by atoms with Gasteiger partial charge >= 0.3 is 0 Å².